The second kappa shape index (κ2) is 6.94. The normalized spacial score (nSPS) is 24.6. The topological polar surface area (TPSA) is 49.4 Å². The number of nitrogens with one attached hydrogen (secondary N) is 1. The predicted molar refractivity (Wildman–Crippen MR) is 91.5 cm³/mol. The average Bonchev–Trinajstić information content (AvgIpc) is 3.22. The maximum absolute atomic E-state index is 12.6. The largest absolute Gasteiger partial charge is 0.351 e. The Labute approximate surface area is 145 Å². The Balaban J connectivity index is 1.53. The summed E-state index contributed by atoms with van der Waals surface area (Å²) < 4.78 is 0.539. The number of amides is 2. The van der Waals surface area contributed by atoms with Crippen LogP contribution in [0.4, 0.5) is 0 Å². The zero-order valence-electron chi connectivity index (χ0n) is 13.0. The van der Waals surface area contributed by atoms with Crippen LogP contribution in [0.1, 0.15) is 43.0 Å². The van der Waals surface area contributed by atoms with Gasteiger partial charge in [-0.2, -0.15) is 0 Å². The first-order chi connectivity index (χ1) is 11.1. The molecule has 1 N–H and O–H groups in total. The summed E-state index contributed by atoms with van der Waals surface area (Å²) >= 11 is 7.44. The molecule has 3 heterocycles. The molecule has 1 saturated carbocycles. The van der Waals surface area contributed by atoms with Crippen molar-refractivity contribution in [3.8, 4) is 11.8 Å². The molecule has 4 nitrogen and oxygen atoms in total. The maximum Gasteiger partial charge on any atom is 0.256 e. The lowest BCUT2D eigenvalue weighted by atomic mass is 9.80. The summed E-state index contributed by atoms with van der Waals surface area (Å²) in [5, 5.41) is 4.92. The number of carbonyl (C=O) groups excluding carboxylic acids is 2. The maximum atomic E-state index is 12.6. The van der Waals surface area contributed by atoms with E-state index in [9.17, 15) is 9.59 Å². The lowest BCUT2D eigenvalue weighted by Crippen LogP contribution is -2.55. The van der Waals surface area contributed by atoms with Crippen molar-refractivity contribution in [1.29, 1.82) is 0 Å². The van der Waals surface area contributed by atoms with E-state index in [1.54, 1.807) is 13.0 Å². The van der Waals surface area contributed by atoms with E-state index in [1.165, 1.54) is 11.3 Å². The van der Waals surface area contributed by atoms with Gasteiger partial charge in [0.25, 0.3) is 5.91 Å². The average molecular weight is 351 g/mol. The fourth-order valence-electron chi connectivity index (χ4n) is 3.39. The zero-order valence-corrected chi connectivity index (χ0v) is 14.5. The summed E-state index contributed by atoms with van der Waals surface area (Å²) in [7, 11) is 0. The van der Waals surface area contributed by atoms with Crippen LogP contribution in [0.5, 0.6) is 0 Å². The minimum atomic E-state index is -0.0151. The van der Waals surface area contributed by atoms with Crippen molar-refractivity contribution in [1.82, 2.24) is 10.2 Å². The monoisotopic (exact) mass is 350 g/mol. The van der Waals surface area contributed by atoms with Gasteiger partial charge < -0.3 is 10.2 Å². The van der Waals surface area contributed by atoms with Crippen LogP contribution in [0, 0.1) is 17.8 Å². The SMILES string of the molecule is CC#CCCCC(=O)NC1C2CC1N(C(=O)c1ccsc1Cl)C2. The molecule has 1 aliphatic carbocycles. The van der Waals surface area contributed by atoms with Crippen LogP contribution in [0.2, 0.25) is 4.34 Å². The molecular weight excluding hydrogens is 332 g/mol. The molecule has 3 aliphatic rings. The summed E-state index contributed by atoms with van der Waals surface area (Å²) in [5.41, 5.74) is 0.576. The summed E-state index contributed by atoms with van der Waals surface area (Å²) in [6, 6.07) is 1.98. The van der Waals surface area contributed by atoms with E-state index >= 15 is 0 Å². The van der Waals surface area contributed by atoms with E-state index in [4.69, 9.17) is 11.6 Å². The lowest BCUT2D eigenvalue weighted by Gasteiger charge is -2.36. The first-order valence-corrected chi connectivity index (χ1v) is 9.10. The van der Waals surface area contributed by atoms with E-state index in [2.05, 4.69) is 17.2 Å². The summed E-state index contributed by atoms with van der Waals surface area (Å²) in [6.45, 7) is 2.51. The van der Waals surface area contributed by atoms with Crippen LogP contribution < -0.4 is 5.32 Å². The molecule has 4 rings (SSSR count). The highest BCUT2D eigenvalue weighted by atomic mass is 35.5. The van der Waals surface area contributed by atoms with E-state index in [1.807, 2.05) is 10.3 Å². The second-order valence-electron chi connectivity index (χ2n) is 6.00. The number of halogens is 1. The zero-order chi connectivity index (χ0) is 16.4. The van der Waals surface area contributed by atoms with Gasteiger partial charge in [0, 0.05) is 25.3 Å². The van der Waals surface area contributed by atoms with Crippen molar-refractivity contribution in [2.45, 2.75) is 44.7 Å². The van der Waals surface area contributed by atoms with E-state index < -0.39 is 0 Å². The molecule has 0 aromatic carbocycles. The fraction of sp³-hybridized carbons (Fsp3) is 0.529. The molecule has 1 aromatic rings. The molecule has 0 radical (unpaired) electrons. The number of hydrogen-bond donors (Lipinski definition) is 1. The minimum absolute atomic E-state index is 0.0151. The number of thiophene rings is 1. The summed E-state index contributed by atoms with van der Waals surface area (Å²) in [5.74, 6) is 6.21. The molecule has 23 heavy (non-hydrogen) atoms. The molecule has 1 aromatic heterocycles. The van der Waals surface area contributed by atoms with Crippen molar-refractivity contribution in [3.05, 3.63) is 21.3 Å². The Kier molecular flexibility index (Phi) is 4.93. The number of nitrogens with zero attached hydrogens (tertiary/aromatic N) is 1. The van der Waals surface area contributed by atoms with Gasteiger partial charge in [0.1, 0.15) is 4.34 Å². The molecular formula is C17H19ClN2O2S. The van der Waals surface area contributed by atoms with Gasteiger partial charge in [-0.05, 0) is 31.2 Å². The molecule has 6 heteroatoms. The highest BCUT2D eigenvalue weighted by molar-refractivity contribution is 7.14. The van der Waals surface area contributed by atoms with Crippen LogP contribution in [0.3, 0.4) is 0 Å². The number of fused-ring (bicyclic) bond motifs is 1. The third-order valence-corrected chi connectivity index (χ3v) is 5.79. The second-order valence-corrected chi connectivity index (χ2v) is 7.52. The highest BCUT2D eigenvalue weighted by Crippen LogP contribution is 2.42. The summed E-state index contributed by atoms with van der Waals surface area (Å²) in [6.07, 6.45) is 3.00. The van der Waals surface area contributed by atoms with Gasteiger partial charge in [-0.3, -0.25) is 9.59 Å². The Morgan fingerprint density at radius 2 is 2.35 bits per heavy atom. The van der Waals surface area contributed by atoms with E-state index in [0.717, 1.165) is 19.3 Å². The van der Waals surface area contributed by atoms with Gasteiger partial charge in [0.05, 0.1) is 17.6 Å². The third kappa shape index (κ3) is 3.24. The van der Waals surface area contributed by atoms with Crippen molar-refractivity contribution >= 4 is 34.8 Å². The van der Waals surface area contributed by atoms with Crippen molar-refractivity contribution < 1.29 is 9.59 Å². The van der Waals surface area contributed by atoms with E-state index in [0.29, 0.717) is 28.8 Å². The smallest absolute Gasteiger partial charge is 0.256 e. The lowest BCUT2D eigenvalue weighted by molar-refractivity contribution is -0.123. The predicted octanol–water partition coefficient (Wildman–Crippen LogP) is 2.92. The van der Waals surface area contributed by atoms with Gasteiger partial charge in [0.2, 0.25) is 5.91 Å². The van der Waals surface area contributed by atoms with E-state index in [-0.39, 0.29) is 23.9 Å². The summed E-state index contributed by atoms with van der Waals surface area (Å²) in [4.78, 5) is 26.4. The van der Waals surface area contributed by atoms with Crippen molar-refractivity contribution in [3.63, 3.8) is 0 Å². The van der Waals surface area contributed by atoms with Crippen LogP contribution in [0.25, 0.3) is 0 Å². The molecule has 3 fully saturated rings. The Bertz CT molecular complexity index is 676. The molecule has 3 atom stereocenters. The Morgan fingerprint density at radius 3 is 3.04 bits per heavy atom. The standard InChI is InChI=1S/C17H19ClN2O2S/c1-2-3-4-5-6-14(21)19-15-11-9-13(15)20(10-11)17(22)12-7-8-23-16(12)18/h7-8,11,13,15H,4-6,9-10H2,1H3,(H,19,21). The molecule has 2 saturated heterocycles. The molecule has 2 amide bonds. The number of rotatable bonds is 5. The van der Waals surface area contributed by atoms with Gasteiger partial charge in [0.15, 0.2) is 0 Å². The fourth-order valence-corrected chi connectivity index (χ4v) is 4.29. The van der Waals surface area contributed by atoms with Crippen LogP contribution in [-0.2, 0) is 4.79 Å². The number of unbranched alkanes of at least 4 members (excludes halogenated alkanes) is 1. The van der Waals surface area contributed by atoms with Crippen LogP contribution >= 0.6 is 22.9 Å². The van der Waals surface area contributed by atoms with Crippen molar-refractivity contribution in [2.24, 2.45) is 5.92 Å². The highest BCUT2D eigenvalue weighted by Gasteiger charge is 2.54. The Hall–Kier alpha value is -1.51. The van der Waals surface area contributed by atoms with Crippen LogP contribution in [-0.4, -0.2) is 35.3 Å². The molecule has 122 valence electrons. The molecule has 2 aliphatic heterocycles. The Morgan fingerprint density at radius 1 is 1.52 bits per heavy atom. The van der Waals surface area contributed by atoms with Gasteiger partial charge in [-0.25, -0.2) is 0 Å². The first-order valence-electron chi connectivity index (χ1n) is 7.84. The molecule has 3 unspecified atom stereocenters. The number of carbonyl (C=O) groups is 2. The van der Waals surface area contributed by atoms with Crippen LogP contribution in [0.15, 0.2) is 11.4 Å². The minimum Gasteiger partial charge on any atom is -0.351 e. The molecule has 2 bridgehead atoms. The van der Waals surface area contributed by atoms with Crippen molar-refractivity contribution in [2.75, 3.05) is 6.54 Å². The van der Waals surface area contributed by atoms with Gasteiger partial charge >= 0.3 is 0 Å². The van der Waals surface area contributed by atoms with Gasteiger partial charge in [-0.1, -0.05) is 11.6 Å². The third-order valence-electron chi connectivity index (χ3n) is 4.62. The number of hydrogen-bond acceptors (Lipinski definition) is 3. The van der Waals surface area contributed by atoms with Gasteiger partial charge in [-0.15, -0.1) is 23.2 Å². The molecule has 0 spiro atoms. The first kappa shape index (κ1) is 16.4. The quantitative estimate of drug-likeness (QED) is 0.655.